The largest absolute Gasteiger partial charge is 0.711 e. The van der Waals surface area contributed by atoms with E-state index in [2.05, 4.69) is 11.9 Å². The number of benzene rings is 1. The summed E-state index contributed by atoms with van der Waals surface area (Å²) in [5, 5.41) is 13.2. The quantitative estimate of drug-likeness (QED) is 0.413. The number of hydrogen-bond donors (Lipinski definition) is 0. The molecule has 1 heterocycles. The van der Waals surface area contributed by atoms with Crippen LogP contribution in [-0.4, -0.2) is 10.7 Å². The first-order valence-electron chi connectivity index (χ1n) is 7.79. The smallest absolute Gasteiger partial charge is 0.312 e. The number of aryl methyl sites for hydroxylation is 1. The van der Waals surface area contributed by atoms with Crippen LogP contribution in [-0.2, 0) is 5.75 Å². The number of para-hydroxylation sites is 1. The van der Waals surface area contributed by atoms with Crippen LogP contribution in [0.1, 0.15) is 50.5 Å². The van der Waals surface area contributed by atoms with Gasteiger partial charge in [-0.25, -0.2) is 4.73 Å². The van der Waals surface area contributed by atoms with Crippen LogP contribution in [0.2, 0.25) is 0 Å². The topological polar surface area (TPSA) is 39.8 Å². The zero-order chi connectivity index (χ0) is 15.1. The maximum atomic E-state index is 12.2. The van der Waals surface area contributed by atoms with Crippen LogP contribution in [0.25, 0.3) is 10.9 Å². The van der Waals surface area contributed by atoms with Gasteiger partial charge in [0.2, 0.25) is 0 Å². The molecule has 0 fully saturated rings. The van der Waals surface area contributed by atoms with Gasteiger partial charge in [0.15, 0.2) is 5.52 Å². The highest BCUT2D eigenvalue weighted by Gasteiger charge is 2.14. The van der Waals surface area contributed by atoms with Crippen LogP contribution in [0.15, 0.2) is 24.3 Å². The van der Waals surface area contributed by atoms with Crippen LogP contribution in [0.5, 0.6) is 0 Å². The molecule has 0 radical (unpaired) electrons. The molecule has 0 amide bonds. The van der Waals surface area contributed by atoms with Gasteiger partial charge in [0.25, 0.3) is 0 Å². The first kappa shape index (κ1) is 16.1. The molecule has 4 heteroatoms. The van der Waals surface area contributed by atoms with E-state index in [1.807, 2.05) is 43.0 Å². The van der Waals surface area contributed by atoms with E-state index in [4.69, 9.17) is 0 Å². The number of rotatable bonds is 8. The molecule has 1 aromatic carbocycles. The average Bonchev–Trinajstić information content (AvgIpc) is 2.51. The van der Waals surface area contributed by atoms with Crippen LogP contribution in [0, 0.1) is 12.1 Å². The molecule has 0 aliphatic carbocycles. The third-order valence-corrected chi connectivity index (χ3v) is 4.75. The fourth-order valence-electron chi connectivity index (χ4n) is 2.43. The van der Waals surface area contributed by atoms with Crippen LogP contribution in [0.3, 0.4) is 0 Å². The Morgan fingerprint density at radius 2 is 1.90 bits per heavy atom. The van der Waals surface area contributed by atoms with Crippen LogP contribution < -0.4 is 4.73 Å². The number of aromatic nitrogens is 2. The summed E-state index contributed by atoms with van der Waals surface area (Å²) in [5.41, 5.74) is 1.67. The van der Waals surface area contributed by atoms with E-state index >= 15 is 0 Å². The van der Waals surface area contributed by atoms with E-state index < -0.39 is 0 Å². The SMILES string of the molecule is CCCCCCCSCc1nc2ccccc2c(C)[n+]1[O-]. The van der Waals surface area contributed by atoms with E-state index in [1.165, 1.54) is 32.1 Å². The van der Waals surface area contributed by atoms with Crippen molar-refractivity contribution in [2.75, 3.05) is 5.75 Å². The number of fused-ring (bicyclic) bond motifs is 1. The van der Waals surface area contributed by atoms with Crippen molar-refractivity contribution in [1.29, 1.82) is 0 Å². The maximum absolute atomic E-state index is 12.2. The number of nitrogens with zero attached hydrogens (tertiary/aromatic N) is 2. The van der Waals surface area contributed by atoms with Crippen molar-refractivity contribution < 1.29 is 4.73 Å². The summed E-state index contributed by atoms with van der Waals surface area (Å²) in [6, 6.07) is 7.84. The summed E-state index contributed by atoms with van der Waals surface area (Å²) >= 11 is 1.81. The lowest BCUT2D eigenvalue weighted by molar-refractivity contribution is -0.621. The van der Waals surface area contributed by atoms with Gasteiger partial charge in [-0.15, -0.1) is 11.8 Å². The molecular formula is C17H24N2OS. The molecule has 0 aliphatic rings. The molecule has 2 aromatic rings. The molecule has 0 atom stereocenters. The second kappa shape index (κ2) is 8.23. The Hall–Kier alpha value is -1.29. The zero-order valence-electron chi connectivity index (χ0n) is 13.0. The Labute approximate surface area is 131 Å². The molecule has 0 saturated carbocycles. The van der Waals surface area contributed by atoms with Gasteiger partial charge in [-0.2, -0.15) is 0 Å². The van der Waals surface area contributed by atoms with E-state index in [1.54, 1.807) is 0 Å². The highest BCUT2D eigenvalue weighted by atomic mass is 32.2. The van der Waals surface area contributed by atoms with E-state index in [9.17, 15) is 5.21 Å². The summed E-state index contributed by atoms with van der Waals surface area (Å²) in [4.78, 5) is 4.51. The minimum absolute atomic E-state index is 0.629. The van der Waals surface area contributed by atoms with Crippen LogP contribution >= 0.6 is 11.8 Å². The van der Waals surface area contributed by atoms with Crippen molar-refractivity contribution in [3.05, 3.63) is 41.0 Å². The maximum Gasteiger partial charge on any atom is 0.312 e. The molecule has 3 nitrogen and oxygen atoms in total. The summed E-state index contributed by atoms with van der Waals surface area (Å²) in [6.07, 6.45) is 6.46. The summed E-state index contributed by atoms with van der Waals surface area (Å²) in [6.45, 7) is 4.10. The molecule has 21 heavy (non-hydrogen) atoms. The van der Waals surface area contributed by atoms with Gasteiger partial charge in [0.1, 0.15) is 5.69 Å². The van der Waals surface area contributed by atoms with E-state index in [0.717, 1.165) is 27.1 Å². The van der Waals surface area contributed by atoms with Gasteiger partial charge in [-0.1, -0.05) is 44.7 Å². The molecule has 0 aliphatic heterocycles. The van der Waals surface area contributed by atoms with Gasteiger partial charge >= 0.3 is 5.82 Å². The molecule has 0 spiro atoms. The second-order valence-electron chi connectivity index (χ2n) is 5.39. The number of unbranched alkanes of at least 4 members (excludes halogenated alkanes) is 4. The Morgan fingerprint density at radius 1 is 1.14 bits per heavy atom. The third-order valence-electron chi connectivity index (χ3n) is 3.71. The lowest BCUT2D eigenvalue weighted by atomic mass is 10.2. The average molecular weight is 304 g/mol. The summed E-state index contributed by atoms with van der Waals surface area (Å²) in [5.74, 6) is 2.44. The molecule has 0 bridgehead atoms. The Kier molecular flexibility index (Phi) is 6.30. The predicted octanol–water partition coefficient (Wildman–Crippen LogP) is 4.38. The normalized spacial score (nSPS) is 11.1. The molecule has 2 rings (SSSR count). The van der Waals surface area contributed by atoms with Crippen molar-refractivity contribution in [2.45, 2.75) is 51.7 Å². The molecule has 1 aromatic heterocycles. The number of hydrogen-bond acceptors (Lipinski definition) is 3. The van der Waals surface area contributed by atoms with Gasteiger partial charge in [-0.05, 0) is 36.2 Å². The van der Waals surface area contributed by atoms with Crippen molar-refractivity contribution in [3.8, 4) is 0 Å². The molecule has 0 unspecified atom stereocenters. The van der Waals surface area contributed by atoms with Crippen molar-refractivity contribution in [2.24, 2.45) is 0 Å². The monoisotopic (exact) mass is 304 g/mol. The minimum atomic E-state index is 0.629. The van der Waals surface area contributed by atoms with Crippen molar-refractivity contribution in [3.63, 3.8) is 0 Å². The van der Waals surface area contributed by atoms with Crippen molar-refractivity contribution >= 4 is 22.7 Å². The lowest BCUT2D eigenvalue weighted by Gasteiger charge is -2.11. The Morgan fingerprint density at radius 3 is 2.71 bits per heavy atom. The lowest BCUT2D eigenvalue weighted by Crippen LogP contribution is -2.36. The summed E-state index contributed by atoms with van der Waals surface area (Å²) < 4.78 is 0.992. The van der Waals surface area contributed by atoms with Crippen molar-refractivity contribution in [1.82, 2.24) is 4.98 Å². The molecular weight excluding hydrogens is 280 g/mol. The Balaban J connectivity index is 1.91. The molecule has 114 valence electrons. The summed E-state index contributed by atoms with van der Waals surface area (Å²) in [7, 11) is 0. The number of thioether (sulfide) groups is 1. The Bertz CT molecular complexity index is 586. The second-order valence-corrected chi connectivity index (χ2v) is 6.50. The highest BCUT2D eigenvalue weighted by Crippen LogP contribution is 2.17. The predicted molar refractivity (Wildman–Crippen MR) is 90.4 cm³/mol. The van der Waals surface area contributed by atoms with Crippen LogP contribution in [0.4, 0.5) is 0 Å². The molecule has 0 saturated heterocycles. The molecule has 0 N–H and O–H groups in total. The van der Waals surface area contributed by atoms with E-state index in [-0.39, 0.29) is 0 Å². The first-order valence-corrected chi connectivity index (χ1v) is 8.95. The minimum Gasteiger partial charge on any atom is -0.711 e. The first-order chi connectivity index (χ1) is 10.2. The standard InChI is InChI=1S/C17H24N2OS/c1-3-4-5-6-9-12-21-13-17-18-16-11-8-7-10-15(16)14(2)19(17)20/h7-8,10-11H,3-6,9,12-13H2,1-2H3. The van der Waals surface area contributed by atoms with Gasteiger partial charge in [0.05, 0.1) is 11.1 Å². The van der Waals surface area contributed by atoms with E-state index in [0.29, 0.717) is 11.6 Å². The van der Waals surface area contributed by atoms with Gasteiger partial charge < -0.3 is 5.21 Å². The van der Waals surface area contributed by atoms with Gasteiger partial charge in [-0.3, -0.25) is 0 Å². The zero-order valence-corrected chi connectivity index (χ0v) is 13.8. The third kappa shape index (κ3) is 4.34. The fourth-order valence-corrected chi connectivity index (χ4v) is 3.34. The fraction of sp³-hybridized carbons (Fsp3) is 0.529. The van der Waals surface area contributed by atoms with Gasteiger partial charge in [0, 0.05) is 0 Å². The highest BCUT2D eigenvalue weighted by molar-refractivity contribution is 7.98.